The normalized spacial score (nSPS) is 14.5. The van der Waals surface area contributed by atoms with Gasteiger partial charge in [0.15, 0.2) is 0 Å². The maximum absolute atomic E-state index is 6.18. The van der Waals surface area contributed by atoms with E-state index >= 15 is 0 Å². The third kappa shape index (κ3) is 8.63. The minimum atomic E-state index is -0.180. The highest BCUT2D eigenvalue weighted by Crippen LogP contribution is 2.44. The summed E-state index contributed by atoms with van der Waals surface area (Å²) < 4.78 is 0. The first-order valence-electron chi connectivity index (χ1n) is 4.43. The predicted molar refractivity (Wildman–Crippen MR) is 56.8 cm³/mol. The van der Waals surface area contributed by atoms with Crippen molar-refractivity contribution in [2.24, 2.45) is 11.8 Å². The van der Waals surface area contributed by atoms with Crippen molar-refractivity contribution in [3.63, 3.8) is 0 Å². The molecule has 2 heteroatoms. The molecule has 11 heavy (non-hydrogen) atoms. The van der Waals surface area contributed by atoms with Crippen molar-refractivity contribution in [3.05, 3.63) is 0 Å². The lowest BCUT2D eigenvalue weighted by Crippen LogP contribution is -1.96. The topological polar surface area (TPSA) is 0 Å². The number of halogens is 1. The Kier molecular flexibility index (Phi) is 6.67. The highest BCUT2D eigenvalue weighted by atomic mass is 35.7. The van der Waals surface area contributed by atoms with Gasteiger partial charge in [0.25, 0.3) is 0 Å². The zero-order chi connectivity index (χ0) is 8.85. The van der Waals surface area contributed by atoms with Crippen LogP contribution in [0.25, 0.3) is 0 Å². The molecular formula is C9H20ClP. The van der Waals surface area contributed by atoms with Gasteiger partial charge in [-0.3, -0.25) is 0 Å². The van der Waals surface area contributed by atoms with E-state index < -0.39 is 0 Å². The molecule has 0 amide bonds. The van der Waals surface area contributed by atoms with Crippen LogP contribution in [0.5, 0.6) is 0 Å². The lowest BCUT2D eigenvalue weighted by atomic mass is 10.2. The summed E-state index contributed by atoms with van der Waals surface area (Å²) in [6.07, 6.45) is 3.76. The van der Waals surface area contributed by atoms with E-state index in [0.717, 1.165) is 11.8 Å². The molecule has 0 nitrogen and oxygen atoms in total. The maximum Gasteiger partial charge on any atom is -0.00947 e. The highest BCUT2D eigenvalue weighted by Gasteiger charge is 2.07. The van der Waals surface area contributed by atoms with Crippen LogP contribution in [0.15, 0.2) is 0 Å². The molecule has 1 atom stereocenters. The number of hydrogen-bond donors (Lipinski definition) is 0. The van der Waals surface area contributed by atoms with Crippen LogP contribution in [0.3, 0.4) is 0 Å². The van der Waals surface area contributed by atoms with Gasteiger partial charge < -0.3 is 0 Å². The molecule has 0 radical (unpaired) electrons. The van der Waals surface area contributed by atoms with Crippen LogP contribution in [0.1, 0.15) is 34.1 Å². The van der Waals surface area contributed by atoms with E-state index in [4.69, 9.17) is 11.2 Å². The van der Waals surface area contributed by atoms with Gasteiger partial charge in [-0.15, -0.1) is 0 Å². The van der Waals surface area contributed by atoms with Crippen LogP contribution in [-0.2, 0) is 0 Å². The van der Waals surface area contributed by atoms with E-state index in [2.05, 4.69) is 27.7 Å². The zero-order valence-electron chi connectivity index (χ0n) is 8.10. The summed E-state index contributed by atoms with van der Waals surface area (Å²) in [4.78, 5) is 0. The van der Waals surface area contributed by atoms with E-state index in [-0.39, 0.29) is 7.27 Å². The van der Waals surface area contributed by atoms with Crippen LogP contribution >= 0.6 is 18.5 Å². The van der Waals surface area contributed by atoms with Gasteiger partial charge in [0.1, 0.15) is 0 Å². The fourth-order valence-electron chi connectivity index (χ4n) is 0.886. The molecule has 0 saturated carbocycles. The summed E-state index contributed by atoms with van der Waals surface area (Å²) >= 11 is 6.18. The second-order valence-corrected chi connectivity index (χ2v) is 7.12. The second-order valence-electron chi connectivity index (χ2n) is 3.95. The Labute approximate surface area is 77.3 Å². The first-order chi connectivity index (χ1) is 5.02. The van der Waals surface area contributed by atoms with Crippen molar-refractivity contribution in [1.29, 1.82) is 0 Å². The Bertz CT molecular complexity index is 91.6. The quantitative estimate of drug-likeness (QED) is 0.572. The summed E-state index contributed by atoms with van der Waals surface area (Å²) in [5.41, 5.74) is 0. The minimum absolute atomic E-state index is 0.180. The van der Waals surface area contributed by atoms with Gasteiger partial charge in [0.2, 0.25) is 0 Å². The average Bonchev–Trinajstić information content (AvgIpc) is 1.82. The molecule has 0 saturated heterocycles. The van der Waals surface area contributed by atoms with E-state index in [0.29, 0.717) is 0 Å². The first kappa shape index (κ1) is 11.7. The van der Waals surface area contributed by atoms with E-state index in [1.165, 1.54) is 18.7 Å². The van der Waals surface area contributed by atoms with Crippen LogP contribution < -0.4 is 0 Å². The Hall–Kier alpha value is 0.720. The molecule has 0 N–H and O–H groups in total. The van der Waals surface area contributed by atoms with Gasteiger partial charge in [0.05, 0.1) is 0 Å². The van der Waals surface area contributed by atoms with Crippen molar-refractivity contribution in [1.82, 2.24) is 0 Å². The maximum atomic E-state index is 6.18. The summed E-state index contributed by atoms with van der Waals surface area (Å²) in [7, 11) is -0.180. The Morgan fingerprint density at radius 2 is 1.64 bits per heavy atom. The van der Waals surface area contributed by atoms with Gasteiger partial charge in [-0.05, 0) is 37.9 Å². The van der Waals surface area contributed by atoms with Gasteiger partial charge in [0, 0.05) is 0 Å². The van der Waals surface area contributed by atoms with Crippen LogP contribution in [0.4, 0.5) is 0 Å². The molecule has 0 aromatic rings. The molecule has 0 aromatic heterocycles. The molecule has 1 unspecified atom stereocenters. The molecule has 68 valence electrons. The summed E-state index contributed by atoms with van der Waals surface area (Å²) in [6.45, 7) is 9.01. The molecule has 0 heterocycles. The lowest BCUT2D eigenvalue weighted by molar-refractivity contribution is 0.629. The van der Waals surface area contributed by atoms with Crippen molar-refractivity contribution >= 4 is 18.5 Å². The van der Waals surface area contributed by atoms with Crippen LogP contribution in [0, 0.1) is 11.8 Å². The van der Waals surface area contributed by atoms with Crippen molar-refractivity contribution < 1.29 is 0 Å². The zero-order valence-corrected chi connectivity index (χ0v) is 9.75. The van der Waals surface area contributed by atoms with Crippen molar-refractivity contribution in [3.8, 4) is 0 Å². The summed E-state index contributed by atoms with van der Waals surface area (Å²) in [6, 6.07) is 0. The summed E-state index contributed by atoms with van der Waals surface area (Å²) in [5.74, 6) is 1.58. The van der Waals surface area contributed by atoms with Gasteiger partial charge >= 0.3 is 0 Å². The molecule has 0 aliphatic carbocycles. The standard InChI is InChI=1S/C9H20ClP/c1-8(2)5-6-11(10)7-9(3)4/h8-9H,5-7H2,1-4H3. The van der Waals surface area contributed by atoms with Crippen molar-refractivity contribution in [2.45, 2.75) is 34.1 Å². The number of hydrogen-bond acceptors (Lipinski definition) is 0. The average molecular weight is 195 g/mol. The molecule has 0 aliphatic heterocycles. The molecule has 0 aromatic carbocycles. The molecule has 0 aliphatic rings. The van der Waals surface area contributed by atoms with Gasteiger partial charge in [-0.2, -0.15) is 0 Å². The first-order valence-corrected chi connectivity index (χ1v) is 7.04. The summed E-state index contributed by atoms with van der Waals surface area (Å²) in [5, 5.41) is 0. The predicted octanol–water partition coefficient (Wildman–Crippen LogP) is 4.32. The molecular weight excluding hydrogens is 175 g/mol. The second kappa shape index (κ2) is 6.26. The Morgan fingerprint density at radius 3 is 2.00 bits per heavy atom. The van der Waals surface area contributed by atoms with Crippen LogP contribution in [0.2, 0.25) is 0 Å². The molecule has 0 rings (SSSR count). The van der Waals surface area contributed by atoms with E-state index in [1.807, 2.05) is 0 Å². The molecule has 0 spiro atoms. The third-order valence-electron chi connectivity index (χ3n) is 1.51. The number of rotatable bonds is 5. The SMILES string of the molecule is CC(C)CCP(Cl)CC(C)C. The smallest absolute Gasteiger partial charge is 0.00947 e. The minimum Gasteiger partial charge on any atom is -0.0964 e. The van der Waals surface area contributed by atoms with Gasteiger partial charge in [-0.25, -0.2) is 0 Å². The molecule has 0 bridgehead atoms. The third-order valence-corrected chi connectivity index (χ3v) is 4.30. The Morgan fingerprint density at radius 1 is 1.09 bits per heavy atom. The fourth-order valence-corrected chi connectivity index (χ4v) is 3.78. The Balaban J connectivity index is 3.29. The van der Waals surface area contributed by atoms with E-state index in [9.17, 15) is 0 Å². The molecule has 0 fully saturated rings. The fraction of sp³-hybridized carbons (Fsp3) is 1.00. The van der Waals surface area contributed by atoms with Gasteiger partial charge in [-0.1, -0.05) is 38.9 Å². The largest absolute Gasteiger partial charge is 0.0964 e. The highest BCUT2D eigenvalue weighted by molar-refractivity contribution is 7.83. The van der Waals surface area contributed by atoms with Crippen molar-refractivity contribution in [2.75, 3.05) is 12.3 Å². The van der Waals surface area contributed by atoms with Crippen LogP contribution in [-0.4, -0.2) is 12.3 Å². The lowest BCUT2D eigenvalue weighted by Gasteiger charge is -2.12. The van der Waals surface area contributed by atoms with E-state index in [1.54, 1.807) is 0 Å². The monoisotopic (exact) mass is 194 g/mol.